The van der Waals surface area contributed by atoms with Crippen molar-refractivity contribution in [2.24, 2.45) is 0 Å². The number of carbonyl (C=O) groups is 1. The molecule has 5 nitrogen and oxygen atoms in total. The van der Waals surface area contributed by atoms with Gasteiger partial charge in [-0.2, -0.15) is 5.10 Å². The molecule has 3 rings (SSSR count). The van der Waals surface area contributed by atoms with Crippen molar-refractivity contribution in [3.05, 3.63) is 42.5 Å². The second-order valence-electron chi connectivity index (χ2n) is 4.53. The van der Waals surface area contributed by atoms with Crippen molar-refractivity contribution in [2.45, 2.75) is 18.9 Å². The second-order valence-corrected chi connectivity index (χ2v) is 4.53. The molecule has 2 heterocycles. The molecule has 1 aliphatic carbocycles. The highest BCUT2D eigenvalue weighted by atomic mass is 16.2. The third-order valence-corrected chi connectivity index (χ3v) is 3.15. The summed E-state index contributed by atoms with van der Waals surface area (Å²) in [5, 5.41) is 4.20. The maximum atomic E-state index is 12.1. The second kappa shape index (κ2) is 4.25. The van der Waals surface area contributed by atoms with Crippen molar-refractivity contribution in [2.75, 3.05) is 7.05 Å². The molecular formula is C13H14N4O. The fourth-order valence-electron chi connectivity index (χ4n) is 1.90. The fourth-order valence-corrected chi connectivity index (χ4v) is 1.90. The lowest BCUT2D eigenvalue weighted by atomic mass is 10.3. The average Bonchev–Trinajstić information content (AvgIpc) is 3.15. The number of hydrogen-bond donors (Lipinski definition) is 0. The molecule has 1 amide bonds. The predicted octanol–water partition coefficient (Wildman–Crippen LogP) is 1.50. The van der Waals surface area contributed by atoms with Gasteiger partial charge in [-0.1, -0.05) is 0 Å². The van der Waals surface area contributed by atoms with Crippen LogP contribution in [0.5, 0.6) is 0 Å². The molecule has 2 aromatic heterocycles. The first-order valence-corrected chi connectivity index (χ1v) is 5.98. The van der Waals surface area contributed by atoms with Gasteiger partial charge >= 0.3 is 0 Å². The summed E-state index contributed by atoms with van der Waals surface area (Å²) in [5.74, 6) is 0.0349. The van der Waals surface area contributed by atoms with E-state index in [0.717, 1.165) is 18.5 Å². The van der Waals surface area contributed by atoms with E-state index in [1.165, 1.54) is 0 Å². The van der Waals surface area contributed by atoms with Gasteiger partial charge in [0.15, 0.2) is 0 Å². The zero-order chi connectivity index (χ0) is 12.5. The van der Waals surface area contributed by atoms with Gasteiger partial charge in [-0.15, -0.1) is 0 Å². The Hall–Kier alpha value is -2.17. The lowest BCUT2D eigenvalue weighted by molar-refractivity contribution is 0.0785. The molecule has 0 aliphatic heterocycles. The first-order valence-electron chi connectivity index (χ1n) is 5.98. The Bertz CT molecular complexity index is 559. The van der Waals surface area contributed by atoms with Crippen LogP contribution in [0.2, 0.25) is 0 Å². The van der Waals surface area contributed by atoms with E-state index >= 15 is 0 Å². The Balaban J connectivity index is 1.83. The van der Waals surface area contributed by atoms with Gasteiger partial charge < -0.3 is 4.90 Å². The van der Waals surface area contributed by atoms with Crippen LogP contribution in [0.3, 0.4) is 0 Å². The van der Waals surface area contributed by atoms with Gasteiger partial charge in [0.1, 0.15) is 0 Å². The van der Waals surface area contributed by atoms with E-state index in [2.05, 4.69) is 10.1 Å². The van der Waals surface area contributed by atoms with Crippen LogP contribution in [-0.4, -0.2) is 38.7 Å². The third kappa shape index (κ3) is 1.99. The first-order chi connectivity index (χ1) is 8.75. The summed E-state index contributed by atoms with van der Waals surface area (Å²) in [4.78, 5) is 18.0. The van der Waals surface area contributed by atoms with Crippen LogP contribution in [-0.2, 0) is 0 Å². The smallest absolute Gasteiger partial charge is 0.257 e. The van der Waals surface area contributed by atoms with E-state index in [0.29, 0.717) is 11.6 Å². The van der Waals surface area contributed by atoms with Crippen LogP contribution < -0.4 is 0 Å². The Morgan fingerprint density at radius 1 is 1.44 bits per heavy atom. The standard InChI is InChI=1S/C13H14N4O/c1-16(11-4-5-11)13(18)10-7-15-17(9-10)12-3-2-6-14-8-12/h2-3,6-9,11H,4-5H2,1H3. The molecule has 18 heavy (non-hydrogen) atoms. The summed E-state index contributed by atoms with van der Waals surface area (Å²) < 4.78 is 1.67. The summed E-state index contributed by atoms with van der Waals surface area (Å²) in [7, 11) is 1.85. The largest absolute Gasteiger partial charge is 0.339 e. The van der Waals surface area contributed by atoms with E-state index < -0.39 is 0 Å². The Kier molecular flexibility index (Phi) is 2.59. The lowest BCUT2D eigenvalue weighted by Gasteiger charge is -2.14. The number of hydrogen-bond acceptors (Lipinski definition) is 3. The average molecular weight is 242 g/mol. The molecule has 5 heteroatoms. The van der Waals surface area contributed by atoms with Gasteiger partial charge in [0.05, 0.1) is 23.6 Å². The normalized spacial score (nSPS) is 14.5. The molecule has 0 spiro atoms. The van der Waals surface area contributed by atoms with E-state index in [-0.39, 0.29) is 5.91 Å². The summed E-state index contributed by atoms with van der Waals surface area (Å²) in [6.45, 7) is 0. The van der Waals surface area contributed by atoms with E-state index in [9.17, 15) is 4.79 Å². The molecular weight excluding hydrogens is 228 g/mol. The summed E-state index contributed by atoms with van der Waals surface area (Å²) >= 11 is 0. The fraction of sp³-hybridized carbons (Fsp3) is 0.308. The van der Waals surface area contributed by atoms with E-state index in [4.69, 9.17) is 0 Å². The van der Waals surface area contributed by atoms with Crippen LogP contribution in [0.4, 0.5) is 0 Å². The van der Waals surface area contributed by atoms with E-state index in [1.54, 1.807) is 34.4 Å². The number of aromatic nitrogens is 3. The van der Waals surface area contributed by atoms with Crippen molar-refractivity contribution in [3.8, 4) is 5.69 Å². The van der Waals surface area contributed by atoms with Crippen molar-refractivity contribution < 1.29 is 4.79 Å². The zero-order valence-electron chi connectivity index (χ0n) is 10.2. The Labute approximate surface area is 105 Å². The SMILES string of the molecule is CN(C(=O)c1cnn(-c2cccnc2)c1)C1CC1. The van der Waals surface area contributed by atoms with Crippen molar-refractivity contribution in [3.63, 3.8) is 0 Å². The van der Waals surface area contributed by atoms with Crippen LogP contribution in [0.25, 0.3) is 5.69 Å². The third-order valence-electron chi connectivity index (χ3n) is 3.15. The van der Waals surface area contributed by atoms with Crippen LogP contribution in [0, 0.1) is 0 Å². The molecule has 1 fully saturated rings. The van der Waals surface area contributed by atoms with Gasteiger partial charge in [0, 0.05) is 25.5 Å². The summed E-state index contributed by atoms with van der Waals surface area (Å²) in [6, 6.07) is 4.16. The lowest BCUT2D eigenvalue weighted by Crippen LogP contribution is -2.28. The molecule has 2 aromatic rings. The van der Waals surface area contributed by atoms with Crippen LogP contribution in [0.1, 0.15) is 23.2 Å². The quantitative estimate of drug-likeness (QED) is 0.819. The van der Waals surface area contributed by atoms with E-state index in [1.807, 2.05) is 19.2 Å². The first kappa shape index (κ1) is 11.0. The number of nitrogens with zero attached hydrogens (tertiary/aromatic N) is 4. The topological polar surface area (TPSA) is 51.0 Å². The maximum absolute atomic E-state index is 12.1. The van der Waals surface area contributed by atoms with Gasteiger partial charge in [0.25, 0.3) is 5.91 Å². The number of rotatable bonds is 3. The van der Waals surface area contributed by atoms with Crippen LogP contribution in [0.15, 0.2) is 36.9 Å². The monoisotopic (exact) mass is 242 g/mol. The number of carbonyl (C=O) groups excluding carboxylic acids is 1. The molecule has 0 N–H and O–H groups in total. The molecule has 0 atom stereocenters. The minimum Gasteiger partial charge on any atom is -0.339 e. The Morgan fingerprint density at radius 2 is 2.28 bits per heavy atom. The minimum atomic E-state index is 0.0349. The molecule has 0 unspecified atom stereocenters. The zero-order valence-corrected chi connectivity index (χ0v) is 10.2. The van der Waals surface area contributed by atoms with Crippen molar-refractivity contribution >= 4 is 5.91 Å². The molecule has 92 valence electrons. The van der Waals surface area contributed by atoms with Gasteiger partial charge in [-0.05, 0) is 25.0 Å². The van der Waals surface area contributed by atoms with Crippen LogP contribution >= 0.6 is 0 Å². The molecule has 0 saturated heterocycles. The highest BCUT2D eigenvalue weighted by Gasteiger charge is 2.30. The van der Waals surface area contributed by atoms with Crippen molar-refractivity contribution in [1.82, 2.24) is 19.7 Å². The number of amides is 1. The Morgan fingerprint density at radius 3 is 2.94 bits per heavy atom. The highest BCUT2D eigenvalue weighted by molar-refractivity contribution is 5.94. The highest BCUT2D eigenvalue weighted by Crippen LogP contribution is 2.26. The molecule has 1 saturated carbocycles. The van der Waals surface area contributed by atoms with Gasteiger partial charge in [0.2, 0.25) is 0 Å². The molecule has 0 bridgehead atoms. The maximum Gasteiger partial charge on any atom is 0.257 e. The molecule has 1 aliphatic rings. The number of pyridine rings is 1. The molecule has 0 aromatic carbocycles. The summed E-state index contributed by atoms with van der Waals surface area (Å²) in [5.41, 5.74) is 1.47. The molecule has 0 radical (unpaired) electrons. The van der Waals surface area contributed by atoms with Gasteiger partial charge in [-0.25, -0.2) is 4.68 Å². The van der Waals surface area contributed by atoms with Gasteiger partial charge in [-0.3, -0.25) is 9.78 Å². The van der Waals surface area contributed by atoms with Crippen molar-refractivity contribution in [1.29, 1.82) is 0 Å². The minimum absolute atomic E-state index is 0.0349. The predicted molar refractivity (Wildman–Crippen MR) is 66.5 cm³/mol. The summed E-state index contributed by atoms with van der Waals surface area (Å²) in [6.07, 6.45) is 9.00.